The Hall–Kier alpha value is -3.28. The summed E-state index contributed by atoms with van der Waals surface area (Å²) in [5, 5.41) is 0. The molecule has 1 aliphatic rings. The second-order valence-corrected chi connectivity index (χ2v) is 8.46. The lowest BCUT2D eigenvalue weighted by atomic mass is 10.0. The Morgan fingerprint density at radius 1 is 0.742 bits per heavy atom. The van der Waals surface area contributed by atoms with Crippen LogP contribution in [0.4, 0.5) is 0 Å². The molecule has 2 heterocycles. The Kier molecular flexibility index (Phi) is 5.72. The van der Waals surface area contributed by atoms with Gasteiger partial charge in [-0.3, -0.25) is 9.59 Å². The van der Waals surface area contributed by atoms with Gasteiger partial charge in [-0.2, -0.15) is 0 Å². The summed E-state index contributed by atoms with van der Waals surface area (Å²) >= 11 is 0. The first-order chi connectivity index (χ1) is 14.8. The zero-order valence-electron chi connectivity index (χ0n) is 18.6. The number of hydrogen-bond acceptors (Lipinski definition) is 4. The summed E-state index contributed by atoms with van der Waals surface area (Å²) in [5.41, 5.74) is 5.80. The number of piperazine rings is 1. The third kappa shape index (κ3) is 4.29. The smallest absolute Gasteiger partial charge is 0.254 e. The van der Waals surface area contributed by atoms with E-state index in [4.69, 9.17) is 0 Å². The van der Waals surface area contributed by atoms with Gasteiger partial charge in [0, 0.05) is 37.3 Å². The molecule has 0 saturated carbocycles. The molecule has 1 saturated heterocycles. The summed E-state index contributed by atoms with van der Waals surface area (Å²) in [5.74, 6) is 0.428. The fourth-order valence-electron chi connectivity index (χ4n) is 3.85. The zero-order valence-corrected chi connectivity index (χ0v) is 18.6. The van der Waals surface area contributed by atoms with E-state index in [0.29, 0.717) is 43.2 Å². The average Bonchev–Trinajstić information content (AvgIpc) is 2.79. The van der Waals surface area contributed by atoms with Gasteiger partial charge in [0.1, 0.15) is 0 Å². The van der Waals surface area contributed by atoms with E-state index in [2.05, 4.69) is 23.8 Å². The summed E-state index contributed by atoms with van der Waals surface area (Å²) in [6, 6.07) is 13.3. The van der Waals surface area contributed by atoms with Crippen LogP contribution in [0.3, 0.4) is 0 Å². The molecule has 6 nitrogen and oxygen atoms in total. The van der Waals surface area contributed by atoms with E-state index in [0.717, 1.165) is 22.4 Å². The molecular formula is C25H28N4O2. The molecule has 0 bridgehead atoms. The molecule has 160 valence electrons. The van der Waals surface area contributed by atoms with E-state index in [1.165, 1.54) is 5.56 Å². The van der Waals surface area contributed by atoms with Gasteiger partial charge in [0.15, 0.2) is 0 Å². The first kappa shape index (κ1) is 21.0. The van der Waals surface area contributed by atoms with Crippen molar-refractivity contribution in [1.29, 1.82) is 0 Å². The second kappa shape index (κ2) is 8.46. The van der Waals surface area contributed by atoms with Crippen molar-refractivity contribution >= 4 is 22.8 Å². The molecule has 2 amide bonds. The number of carbonyl (C=O) groups is 2. The van der Waals surface area contributed by atoms with E-state index in [9.17, 15) is 9.59 Å². The van der Waals surface area contributed by atoms with Crippen LogP contribution >= 0.6 is 0 Å². The zero-order chi connectivity index (χ0) is 22.1. The van der Waals surface area contributed by atoms with Crippen LogP contribution in [-0.2, 0) is 0 Å². The van der Waals surface area contributed by atoms with Gasteiger partial charge in [-0.1, -0.05) is 26.0 Å². The molecule has 0 unspecified atom stereocenters. The van der Waals surface area contributed by atoms with Crippen LogP contribution in [0.5, 0.6) is 0 Å². The molecule has 0 N–H and O–H groups in total. The van der Waals surface area contributed by atoms with Crippen LogP contribution in [-0.4, -0.2) is 57.8 Å². The van der Waals surface area contributed by atoms with Gasteiger partial charge in [-0.25, -0.2) is 9.97 Å². The molecule has 31 heavy (non-hydrogen) atoms. The number of nitrogens with zero attached hydrogens (tertiary/aromatic N) is 4. The molecule has 6 heteroatoms. The molecule has 0 aliphatic carbocycles. The number of aryl methyl sites for hydroxylation is 2. The number of carbonyl (C=O) groups excluding carboxylic acids is 2. The van der Waals surface area contributed by atoms with Crippen molar-refractivity contribution in [3.05, 3.63) is 70.5 Å². The molecule has 3 aromatic rings. The summed E-state index contributed by atoms with van der Waals surface area (Å²) in [6.07, 6.45) is 0. The Labute approximate surface area is 182 Å². The number of fused-ring (bicyclic) bond motifs is 1. The highest BCUT2D eigenvalue weighted by Crippen LogP contribution is 2.19. The lowest BCUT2D eigenvalue weighted by molar-refractivity contribution is 0.0535. The largest absolute Gasteiger partial charge is 0.335 e. The number of rotatable bonds is 3. The second-order valence-electron chi connectivity index (χ2n) is 8.46. The summed E-state index contributed by atoms with van der Waals surface area (Å²) in [6.45, 7) is 10.2. The van der Waals surface area contributed by atoms with E-state index in [1.807, 2.05) is 61.2 Å². The number of hydrogen-bond donors (Lipinski definition) is 0. The predicted molar refractivity (Wildman–Crippen MR) is 121 cm³/mol. The van der Waals surface area contributed by atoms with Crippen molar-refractivity contribution in [1.82, 2.24) is 19.8 Å². The fourth-order valence-corrected chi connectivity index (χ4v) is 3.85. The van der Waals surface area contributed by atoms with Gasteiger partial charge >= 0.3 is 0 Å². The van der Waals surface area contributed by atoms with Crippen LogP contribution < -0.4 is 0 Å². The molecule has 1 aliphatic heterocycles. The molecule has 2 aromatic carbocycles. The van der Waals surface area contributed by atoms with Crippen molar-refractivity contribution in [2.75, 3.05) is 26.2 Å². The maximum Gasteiger partial charge on any atom is 0.254 e. The van der Waals surface area contributed by atoms with Gasteiger partial charge in [0.05, 0.1) is 22.4 Å². The first-order valence-corrected chi connectivity index (χ1v) is 10.8. The highest BCUT2D eigenvalue weighted by atomic mass is 16.2. The van der Waals surface area contributed by atoms with E-state index >= 15 is 0 Å². The fraction of sp³-hybridized carbons (Fsp3) is 0.360. The maximum absolute atomic E-state index is 13.0. The molecule has 1 aromatic heterocycles. The normalized spacial score (nSPS) is 14.4. The third-order valence-corrected chi connectivity index (χ3v) is 6.00. The van der Waals surface area contributed by atoms with Crippen molar-refractivity contribution in [3.8, 4) is 0 Å². The topological polar surface area (TPSA) is 66.4 Å². The Morgan fingerprint density at radius 3 is 1.77 bits per heavy atom. The van der Waals surface area contributed by atoms with Gasteiger partial charge in [0.25, 0.3) is 11.8 Å². The molecule has 4 rings (SSSR count). The SMILES string of the molecule is Cc1nc2ccc(C(=O)N3CCN(C(=O)c4ccc(C(C)C)cc4)CC3)cc2nc1C. The summed E-state index contributed by atoms with van der Waals surface area (Å²) < 4.78 is 0. The number of amides is 2. The van der Waals surface area contributed by atoms with E-state index in [1.54, 1.807) is 4.90 Å². The van der Waals surface area contributed by atoms with Crippen LogP contribution in [0.25, 0.3) is 11.0 Å². The Morgan fingerprint density at radius 2 is 1.23 bits per heavy atom. The Bertz CT molecular complexity index is 1130. The minimum absolute atomic E-state index is 0.0224. The minimum atomic E-state index is -0.0321. The average molecular weight is 417 g/mol. The predicted octanol–water partition coefficient (Wildman–Crippen LogP) is 3.97. The van der Waals surface area contributed by atoms with E-state index in [-0.39, 0.29) is 11.8 Å². The van der Waals surface area contributed by atoms with Crippen LogP contribution in [0, 0.1) is 13.8 Å². The number of benzene rings is 2. The van der Waals surface area contributed by atoms with Crippen molar-refractivity contribution < 1.29 is 9.59 Å². The summed E-state index contributed by atoms with van der Waals surface area (Å²) in [4.78, 5) is 38.6. The van der Waals surface area contributed by atoms with E-state index < -0.39 is 0 Å². The molecule has 0 radical (unpaired) electrons. The van der Waals surface area contributed by atoms with Crippen molar-refractivity contribution in [3.63, 3.8) is 0 Å². The third-order valence-electron chi connectivity index (χ3n) is 6.00. The molecular weight excluding hydrogens is 388 g/mol. The molecule has 0 atom stereocenters. The monoisotopic (exact) mass is 416 g/mol. The van der Waals surface area contributed by atoms with Gasteiger partial charge in [0.2, 0.25) is 0 Å². The van der Waals surface area contributed by atoms with Gasteiger partial charge in [-0.15, -0.1) is 0 Å². The van der Waals surface area contributed by atoms with Crippen molar-refractivity contribution in [2.24, 2.45) is 0 Å². The lowest BCUT2D eigenvalue weighted by Crippen LogP contribution is -2.50. The van der Waals surface area contributed by atoms with Crippen molar-refractivity contribution in [2.45, 2.75) is 33.6 Å². The number of aromatic nitrogens is 2. The first-order valence-electron chi connectivity index (χ1n) is 10.8. The quantitative estimate of drug-likeness (QED) is 0.648. The highest BCUT2D eigenvalue weighted by molar-refractivity contribution is 5.98. The Balaban J connectivity index is 1.42. The molecule has 1 fully saturated rings. The van der Waals surface area contributed by atoms with Gasteiger partial charge in [-0.05, 0) is 55.7 Å². The lowest BCUT2D eigenvalue weighted by Gasteiger charge is -2.35. The standard InChI is InChI=1S/C25H28N4O2/c1-16(2)19-5-7-20(8-6-19)24(30)28-11-13-29(14-12-28)25(31)21-9-10-22-23(15-21)27-18(4)17(3)26-22/h5-10,15-16H,11-14H2,1-4H3. The minimum Gasteiger partial charge on any atom is -0.335 e. The van der Waals surface area contributed by atoms with Crippen LogP contribution in [0.2, 0.25) is 0 Å². The maximum atomic E-state index is 13.0. The van der Waals surface area contributed by atoms with Crippen LogP contribution in [0.15, 0.2) is 42.5 Å². The highest BCUT2D eigenvalue weighted by Gasteiger charge is 2.26. The van der Waals surface area contributed by atoms with Gasteiger partial charge < -0.3 is 9.80 Å². The molecule has 0 spiro atoms. The van der Waals surface area contributed by atoms with Crippen LogP contribution in [0.1, 0.15) is 57.4 Å². The summed E-state index contributed by atoms with van der Waals surface area (Å²) in [7, 11) is 0.